The van der Waals surface area contributed by atoms with Crippen LogP contribution in [-0.4, -0.2) is 53.7 Å². The summed E-state index contributed by atoms with van der Waals surface area (Å²) in [5, 5.41) is 12.2. The van der Waals surface area contributed by atoms with Gasteiger partial charge < -0.3 is 20.1 Å². The van der Waals surface area contributed by atoms with Gasteiger partial charge in [0.2, 0.25) is 5.91 Å². The highest BCUT2D eigenvalue weighted by molar-refractivity contribution is 5.89. The van der Waals surface area contributed by atoms with E-state index in [-0.39, 0.29) is 37.4 Å². The number of rotatable bonds is 8. The number of benzene rings is 2. The lowest BCUT2D eigenvalue weighted by atomic mass is 9.77. The Balaban J connectivity index is 1.41. The topological polar surface area (TPSA) is 95.9 Å². The Hall–Kier alpha value is -3.35. The number of amides is 2. The fraction of sp³-hybridized carbons (Fsp3) is 0.444. The Kier molecular flexibility index (Phi) is 6.64. The second kappa shape index (κ2) is 9.49. The average molecular weight is 465 g/mol. The van der Waals surface area contributed by atoms with Gasteiger partial charge >= 0.3 is 12.1 Å². The Bertz CT molecular complexity index is 1040. The van der Waals surface area contributed by atoms with Gasteiger partial charge in [-0.1, -0.05) is 69.3 Å². The molecule has 1 heterocycles. The van der Waals surface area contributed by atoms with Gasteiger partial charge in [0.05, 0.1) is 0 Å². The molecule has 0 aromatic heterocycles. The normalized spacial score (nSPS) is 16.9. The highest BCUT2D eigenvalue weighted by Gasteiger charge is 2.51. The van der Waals surface area contributed by atoms with Crippen molar-refractivity contribution in [3.8, 4) is 11.1 Å². The molecular weight excluding hydrogens is 432 g/mol. The van der Waals surface area contributed by atoms with Crippen molar-refractivity contribution >= 4 is 18.0 Å². The molecule has 2 aromatic rings. The molecule has 0 spiro atoms. The molecule has 0 bridgehead atoms. The number of carbonyl (C=O) groups is 3. The number of likely N-dealkylation sites (tertiary alicyclic amines) is 1. The minimum Gasteiger partial charge on any atom is -0.481 e. The highest BCUT2D eigenvalue weighted by atomic mass is 16.5. The number of fused-ring (bicyclic) bond motifs is 3. The molecule has 1 fully saturated rings. The van der Waals surface area contributed by atoms with Crippen LogP contribution in [0.2, 0.25) is 0 Å². The number of nitrogens with one attached hydrogen (secondary N) is 1. The van der Waals surface area contributed by atoms with Crippen LogP contribution in [0.1, 0.15) is 50.7 Å². The Labute approximate surface area is 200 Å². The van der Waals surface area contributed by atoms with Crippen LogP contribution in [0, 0.1) is 11.3 Å². The van der Waals surface area contributed by atoms with Crippen molar-refractivity contribution < 1.29 is 24.2 Å². The molecule has 2 N–H and O–H groups in total. The predicted molar refractivity (Wildman–Crippen MR) is 128 cm³/mol. The molecule has 2 aromatic carbocycles. The maximum absolute atomic E-state index is 13.1. The smallest absolute Gasteiger partial charge is 0.407 e. The van der Waals surface area contributed by atoms with Crippen LogP contribution in [0.15, 0.2) is 48.5 Å². The van der Waals surface area contributed by atoms with E-state index in [9.17, 15) is 19.5 Å². The molecule has 4 rings (SSSR count). The van der Waals surface area contributed by atoms with Gasteiger partial charge in [-0.2, -0.15) is 0 Å². The van der Waals surface area contributed by atoms with E-state index in [4.69, 9.17) is 4.74 Å². The molecule has 2 aliphatic rings. The number of carbonyl (C=O) groups excluding carboxylic acids is 2. The van der Waals surface area contributed by atoms with Crippen molar-refractivity contribution in [2.75, 3.05) is 19.7 Å². The molecule has 1 aliphatic carbocycles. The van der Waals surface area contributed by atoms with Crippen molar-refractivity contribution in [3.05, 3.63) is 59.7 Å². The van der Waals surface area contributed by atoms with Crippen molar-refractivity contribution in [1.29, 1.82) is 0 Å². The number of ether oxygens (including phenoxy) is 1. The number of carboxylic acids is 1. The van der Waals surface area contributed by atoms with E-state index in [1.807, 2.05) is 45.0 Å². The second-order valence-electron chi connectivity index (χ2n) is 9.79. The number of nitrogens with zero attached hydrogens (tertiary/aromatic N) is 1. The van der Waals surface area contributed by atoms with Crippen LogP contribution in [-0.2, 0) is 14.3 Å². The number of hydrogen-bond acceptors (Lipinski definition) is 4. The molecule has 34 heavy (non-hydrogen) atoms. The molecule has 1 atom stereocenters. The summed E-state index contributed by atoms with van der Waals surface area (Å²) in [6.45, 7) is 6.27. The zero-order valence-electron chi connectivity index (χ0n) is 19.9. The van der Waals surface area contributed by atoms with E-state index in [1.165, 1.54) is 4.90 Å². The van der Waals surface area contributed by atoms with Gasteiger partial charge in [-0.05, 0) is 41.0 Å². The van der Waals surface area contributed by atoms with E-state index < -0.39 is 23.5 Å². The van der Waals surface area contributed by atoms with E-state index in [0.29, 0.717) is 12.8 Å². The molecule has 1 unspecified atom stereocenters. The molecule has 0 saturated carbocycles. The minimum atomic E-state index is -0.887. The van der Waals surface area contributed by atoms with Crippen LogP contribution >= 0.6 is 0 Å². The number of alkyl carbamates (subject to hydrolysis) is 1. The Morgan fingerprint density at radius 3 is 2.12 bits per heavy atom. The summed E-state index contributed by atoms with van der Waals surface area (Å²) in [6, 6.07) is 15.5. The summed E-state index contributed by atoms with van der Waals surface area (Å²) in [4.78, 5) is 38.9. The molecule has 7 heteroatoms. The van der Waals surface area contributed by atoms with Gasteiger partial charge in [0.15, 0.2) is 0 Å². The first kappa shape index (κ1) is 23.8. The number of carboxylic acid groups (broad SMARTS) is 1. The summed E-state index contributed by atoms with van der Waals surface area (Å²) >= 11 is 0. The van der Waals surface area contributed by atoms with E-state index in [1.54, 1.807) is 0 Å². The van der Waals surface area contributed by atoms with Gasteiger partial charge in [0, 0.05) is 19.0 Å². The zero-order valence-corrected chi connectivity index (χ0v) is 19.9. The quantitative estimate of drug-likeness (QED) is 0.609. The highest BCUT2D eigenvalue weighted by Crippen LogP contribution is 2.44. The van der Waals surface area contributed by atoms with Crippen molar-refractivity contribution in [2.24, 2.45) is 11.3 Å². The third kappa shape index (κ3) is 4.39. The molecule has 0 radical (unpaired) electrons. The second-order valence-corrected chi connectivity index (χ2v) is 9.79. The van der Waals surface area contributed by atoms with Gasteiger partial charge in [-0.25, -0.2) is 4.79 Å². The maximum atomic E-state index is 13.1. The summed E-state index contributed by atoms with van der Waals surface area (Å²) in [7, 11) is 0. The molecule has 1 aliphatic heterocycles. The van der Waals surface area contributed by atoms with Crippen LogP contribution in [0.5, 0.6) is 0 Å². The van der Waals surface area contributed by atoms with Gasteiger partial charge in [0.1, 0.15) is 18.1 Å². The Morgan fingerprint density at radius 1 is 1.06 bits per heavy atom. The first-order chi connectivity index (χ1) is 16.3. The van der Waals surface area contributed by atoms with E-state index in [0.717, 1.165) is 22.3 Å². The van der Waals surface area contributed by atoms with Crippen molar-refractivity contribution in [2.45, 2.75) is 45.6 Å². The minimum absolute atomic E-state index is 0.0616. The number of hydrogen-bond donors (Lipinski definition) is 2. The lowest BCUT2D eigenvalue weighted by Gasteiger charge is -2.47. The third-order valence-corrected chi connectivity index (χ3v) is 7.07. The summed E-state index contributed by atoms with van der Waals surface area (Å²) in [5.74, 6) is -1.04. The van der Waals surface area contributed by atoms with Gasteiger partial charge in [-0.3, -0.25) is 9.59 Å². The van der Waals surface area contributed by atoms with Crippen molar-refractivity contribution in [1.82, 2.24) is 10.2 Å². The molecule has 7 nitrogen and oxygen atoms in total. The fourth-order valence-corrected chi connectivity index (χ4v) is 5.05. The largest absolute Gasteiger partial charge is 0.481 e. The lowest BCUT2D eigenvalue weighted by Crippen LogP contribution is -2.65. The zero-order chi connectivity index (χ0) is 24.5. The number of aliphatic carboxylic acids is 1. The lowest BCUT2D eigenvalue weighted by molar-refractivity contribution is -0.167. The SMILES string of the molecule is CCC1(C(=O)O)CN(C(=O)C(CC(C)C)NC(=O)OCC2c3ccccc3-c3ccccc32)C1. The molecule has 1 saturated heterocycles. The molecule has 2 amide bonds. The standard InChI is InChI=1S/C27H32N2O5/c1-4-27(25(31)32)15-29(16-27)24(30)23(13-17(2)3)28-26(33)34-14-22-20-11-7-5-9-18(20)19-10-6-8-12-21(19)22/h5-12,17,22-23H,4,13-16H2,1-3H3,(H,28,33)(H,31,32). The summed E-state index contributed by atoms with van der Waals surface area (Å²) in [6.07, 6.45) is 0.272. The van der Waals surface area contributed by atoms with E-state index in [2.05, 4.69) is 29.6 Å². The van der Waals surface area contributed by atoms with Crippen LogP contribution in [0.3, 0.4) is 0 Å². The fourth-order valence-electron chi connectivity index (χ4n) is 5.05. The Morgan fingerprint density at radius 2 is 1.62 bits per heavy atom. The summed E-state index contributed by atoms with van der Waals surface area (Å²) < 4.78 is 5.62. The van der Waals surface area contributed by atoms with Crippen LogP contribution < -0.4 is 5.32 Å². The average Bonchev–Trinajstić information content (AvgIpc) is 3.10. The monoisotopic (exact) mass is 464 g/mol. The maximum Gasteiger partial charge on any atom is 0.407 e. The van der Waals surface area contributed by atoms with Gasteiger partial charge in [-0.15, -0.1) is 0 Å². The molecule has 180 valence electrons. The van der Waals surface area contributed by atoms with Crippen LogP contribution in [0.25, 0.3) is 11.1 Å². The third-order valence-electron chi connectivity index (χ3n) is 7.07. The van der Waals surface area contributed by atoms with E-state index >= 15 is 0 Å². The van der Waals surface area contributed by atoms with Crippen molar-refractivity contribution in [3.63, 3.8) is 0 Å². The van der Waals surface area contributed by atoms with Crippen LogP contribution in [0.4, 0.5) is 4.79 Å². The molecular formula is C27H32N2O5. The summed E-state index contributed by atoms with van der Waals surface area (Å²) in [5.41, 5.74) is 3.65. The van der Waals surface area contributed by atoms with Gasteiger partial charge in [0.25, 0.3) is 0 Å². The first-order valence-electron chi connectivity index (χ1n) is 11.9. The predicted octanol–water partition coefficient (Wildman–Crippen LogP) is 4.26. The first-order valence-corrected chi connectivity index (χ1v) is 11.9.